The zero-order valence-electron chi connectivity index (χ0n) is 29.3. The summed E-state index contributed by atoms with van der Waals surface area (Å²) >= 11 is 2.86. The van der Waals surface area contributed by atoms with Crippen molar-refractivity contribution in [3.8, 4) is 16.5 Å². The van der Waals surface area contributed by atoms with E-state index in [1.54, 1.807) is 16.8 Å². The molecule has 4 amide bonds. The van der Waals surface area contributed by atoms with E-state index in [4.69, 9.17) is 14.7 Å². The van der Waals surface area contributed by atoms with Gasteiger partial charge in [0, 0.05) is 17.7 Å². The highest BCUT2D eigenvalue weighted by Gasteiger charge is 2.62. The number of hydrogen-bond donors (Lipinski definition) is 3. The van der Waals surface area contributed by atoms with Gasteiger partial charge in [-0.3, -0.25) is 23.9 Å². The molecular weight excluding hydrogens is 749 g/mol. The first-order chi connectivity index (χ1) is 26.1. The number of allylic oxidation sites excluding steroid dienone is 1. The van der Waals surface area contributed by atoms with Crippen LogP contribution in [0.2, 0.25) is 0 Å². The molecule has 0 spiro atoms. The van der Waals surface area contributed by atoms with Crippen LogP contribution in [0.1, 0.15) is 68.1 Å². The van der Waals surface area contributed by atoms with Crippen LogP contribution in [0.15, 0.2) is 70.8 Å². The molecule has 0 unspecified atom stereocenters. The van der Waals surface area contributed by atoms with Crippen LogP contribution in [0.4, 0.5) is 0 Å². The topological polar surface area (TPSA) is 177 Å². The molecule has 0 radical (unpaired) electrons. The zero-order valence-corrected chi connectivity index (χ0v) is 31.8. The van der Waals surface area contributed by atoms with E-state index in [9.17, 15) is 27.6 Å². The van der Waals surface area contributed by atoms with E-state index in [1.807, 2.05) is 53.9 Å². The van der Waals surface area contributed by atoms with Gasteiger partial charge in [0.05, 0.1) is 33.3 Å². The molecule has 54 heavy (non-hydrogen) atoms. The number of thiophene rings is 2. The van der Waals surface area contributed by atoms with Crippen LogP contribution in [0, 0.1) is 5.92 Å². The van der Waals surface area contributed by atoms with E-state index in [0.717, 1.165) is 17.7 Å². The number of carbonyl (C=O) groups excluding carboxylic acids is 4. The second-order valence-corrected chi connectivity index (χ2v) is 18.1. The molecule has 5 atom stereocenters. The molecule has 5 heterocycles. The summed E-state index contributed by atoms with van der Waals surface area (Å²) < 4.78 is 34.5. The third-order valence-corrected chi connectivity index (χ3v) is 13.9. The highest BCUT2D eigenvalue weighted by atomic mass is 32.2. The van der Waals surface area contributed by atoms with E-state index in [-0.39, 0.29) is 31.2 Å². The van der Waals surface area contributed by atoms with Crippen LogP contribution in [0.25, 0.3) is 21.6 Å². The Labute approximate surface area is 320 Å². The fraction of sp³-hybridized carbons (Fsp3) is 0.421. The lowest BCUT2D eigenvalue weighted by Crippen LogP contribution is -2.58. The van der Waals surface area contributed by atoms with E-state index >= 15 is 0 Å². The molecule has 0 bridgehead atoms. The van der Waals surface area contributed by atoms with Crippen molar-refractivity contribution in [1.29, 1.82) is 0 Å². The summed E-state index contributed by atoms with van der Waals surface area (Å²) in [5.74, 6) is -2.37. The number of nitrogens with zero attached hydrogens (tertiary/aromatic N) is 3. The predicted octanol–water partition coefficient (Wildman–Crippen LogP) is 4.57. The van der Waals surface area contributed by atoms with Gasteiger partial charge in [-0.25, -0.2) is 18.4 Å². The molecule has 3 fully saturated rings. The Morgan fingerprint density at radius 2 is 1.80 bits per heavy atom. The second kappa shape index (κ2) is 14.9. The first kappa shape index (κ1) is 36.3. The summed E-state index contributed by atoms with van der Waals surface area (Å²) in [4.78, 5) is 68.0. The molecule has 4 aromatic rings. The number of rotatable bonds is 8. The van der Waals surface area contributed by atoms with Crippen molar-refractivity contribution in [1.82, 2.24) is 30.2 Å². The van der Waals surface area contributed by atoms with Gasteiger partial charge in [0.15, 0.2) is 0 Å². The molecule has 2 aliphatic heterocycles. The Morgan fingerprint density at radius 1 is 0.981 bits per heavy atom. The minimum absolute atomic E-state index is 0.00127. The summed E-state index contributed by atoms with van der Waals surface area (Å²) in [6, 6.07) is 10.9. The van der Waals surface area contributed by atoms with Crippen molar-refractivity contribution in [3.63, 3.8) is 0 Å². The smallest absolute Gasteiger partial charge is 0.259 e. The fourth-order valence-electron chi connectivity index (χ4n) is 7.28. The van der Waals surface area contributed by atoms with Gasteiger partial charge in [0.1, 0.15) is 29.4 Å². The Morgan fingerprint density at radius 3 is 2.54 bits per heavy atom. The Balaban J connectivity index is 1.12. The fourth-order valence-corrected chi connectivity index (χ4v) is 9.99. The minimum Gasteiger partial charge on any atom is -0.471 e. The monoisotopic (exact) mass is 788 g/mol. The van der Waals surface area contributed by atoms with Crippen LogP contribution >= 0.6 is 22.7 Å². The maximum Gasteiger partial charge on any atom is 0.259 e. The summed E-state index contributed by atoms with van der Waals surface area (Å²) in [5, 5.41) is 10.6. The minimum atomic E-state index is -3.89. The van der Waals surface area contributed by atoms with E-state index in [2.05, 4.69) is 15.4 Å². The van der Waals surface area contributed by atoms with Gasteiger partial charge >= 0.3 is 0 Å². The molecule has 2 aliphatic carbocycles. The van der Waals surface area contributed by atoms with Crippen LogP contribution in [-0.4, -0.2) is 82.4 Å². The summed E-state index contributed by atoms with van der Waals surface area (Å²) in [6.07, 6.45) is 7.69. The van der Waals surface area contributed by atoms with Crippen molar-refractivity contribution in [2.45, 2.75) is 86.8 Å². The number of hydrogen-bond acceptors (Lipinski definition) is 11. The summed E-state index contributed by atoms with van der Waals surface area (Å²) in [6.45, 7) is -0.00127. The molecular formula is C38H40N6O7S3. The highest BCUT2D eigenvalue weighted by molar-refractivity contribution is 7.91. The number of carbonyl (C=O) groups is 4. The molecule has 8 rings (SSSR count). The molecule has 13 nitrogen and oxygen atoms in total. The molecule has 3 aromatic heterocycles. The number of fused-ring (bicyclic) bond motifs is 3. The van der Waals surface area contributed by atoms with E-state index in [1.165, 1.54) is 27.6 Å². The largest absolute Gasteiger partial charge is 0.471 e. The van der Waals surface area contributed by atoms with Gasteiger partial charge in [0.25, 0.3) is 11.8 Å². The summed E-state index contributed by atoms with van der Waals surface area (Å²) in [5.41, 5.74) is 0.783. The maximum absolute atomic E-state index is 14.6. The van der Waals surface area contributed by atoms with Gasteiger partial charge in [-0.1, -0.05) is 43.2 Å². The standard InChI is InChI=1S/C38H40N6O7S3/c45-33(23-16-18-52-22-23)40-29-12-5-3-1-2-4-9-24-20-38(24,37(48)43-54(49,50)26-14-15-26)42-34(46)30-19-25(21-44(30)36(29)47)51-35-32(31-13-8-17-53-31)39-27-10-6-7-11-28(27)41-35/h4,6-11,13,16-18,22,24-26,29-30H,1-3,5,12,14-15,19-21H2,(H,40,45)(H,42,46)(H,43,48)/b9-4-/t24-,25-,29+,30+,38-/m1/s1. The van der Waals surface area contributed by atoms with Gasteiger partial charge in [-0.05, 0) is 73.6 Å². The van der Waals surface area contributed by atoms with Crippen LogP contribution < -0.4 is 20.1 Å². The van der Waals surface area contributed by atoms with E-state index in [0.29, 0.717) is 54.4 Å². The molecule has 282 valence electrons. The Kier molecular flexibility index (Phi) is 10.00. The predicted molar refractivity (Wildman–Crippen MR) is 204 cm³/mol. The van der Waals surface area contributed by atoms with E-state index < -0.39 is 62.6 Å². The van der Waals surface area contributed by atoms with Crippen molar-refractivity contribution < 1.29 is 32.3 Å². The quantitative estimate of drug-likeness (QED) is 0.216. The highest BCUT2D eigenvalue weighted by Crippen LogP contribution is 2.46. The van der Waals surface area contributed by atoms with Crippen molar-refractivity contribution in [2.24, 2.45) is 5.92 Å². The Bertz CT molecular complexity index is 2210. The van der Waals surface area contributed by atoms with Crippen LogP contribution in [0.3, 0.4) is 0 Å². The maximum atomic E-state index is 14.6. The lowest BCUT2D eigenvalue weighted by molar-refractivity contribution is -0.141. The van der Waals surface area contributed by atoms with Crippen molar-refractivity contribution in [3.05, 3.63) is 76.3 Å². The third-order valence-electron chi connectivity index (χ3n) is 10.5. The van der Waals surface area contributed by atoms with Gasteiger partial charge in [-0.15, -0.1) is 11.3 Å². The number of para-hydroxylation sites is 2. The van der Waals surface area contributed by atoms with Crippen molar-refractivity contribution in [2.75, 3.05) is 6.54 Å². The number of benzene rings is 1. The van der Waals surface area contributed by atoms with Crippen LogP contribution in [0.5, 0.6) is 5.88 Å². The average molecular weight is 789 g/mol. The lowest BCUT2D eigenvalue weighted by atomic mass is 10.0. The van der Waals surface area contributed by atoms with Gasteiger partial charge < -0.3 is 20.3 Å². The SMILES string of the molecule is O=C(N[C@H]1CCCCC/C=C\[C@@H]2C[C@@]2(C(=O)NS(=O)(=O)C2CC2)NC(=O)[C@@H]2C[C@@H](Oc3nc4ccccc4nc3-c3cccs3)CN2C1=O)c1ccsc1. The molecule has 16 heteroatoms. The number of nitrogens with one attached hydrogen (secondary N) is 3. The number of amides is 4. The first-order valence-corrected chi connectivity index (χ1v) is 21.6. The molecule has 1 saturated heterocycles. The molecule has 3 N–H and O–H groups in total. The lowest BCUT2D eigenvalue weighted by Gasteiger charge is -2.30. The zero-order chi connectivity index (χ0) is 37.5. The summed E-state index contributed by atoms with van der Waals surface area (Å²) in [7, 11) is -3.89. The molecule has 1 aromatic carbocycles. The normalized spacial score (nSPS) is 26.8. The average Bonchev–Trinajstić information content (AvgIpc) is 3.87. The third kappa shape index (κ3) is 7.51. The number of ether oxygens (including phenoxy) is 1. The van der Waals surface area contributed by atoms with Gasteiger partial charge in [-0.2, -0.15) is 11.3 Å². The molecule has 2 saturated carbocycles. The number of aromatic nitrogens is 2. The number of sulfonamides is 1. The second-order valence-electron chi connectivity index (χ2n) is 14.4. The van der Waals surface area contributed by atoms with Gasteiger partial charge in [0.2, 0.25) is 27.7 Å². The Hall–Kier alpha value is -4.67. The molecule has 4 aliphatic rings. The van der Waals surface area contributed by atoms with Crippen LogP contribution in [-0.2, 0) is 24.4 Å². The first-order valence-electron chi connectivity index (χ1n) is 18.3. The van der Waals surface area contributed by atoms with Crippen molar-refractivity contribution >= 4 is 67.4 Å².